The molecule has 0 saturated carbocycles. The monoisotopic (exact) mass is 326 g/mol. The molecule has 0 aromatic heterocycles. The van der Waals surface area contributed by atoms with E-state index in [1.54, 1.807) is 24.3 Å². The van der Waals surface area contributed by atoms with Crippen LogP contribution in [-0.2, 0) is 17.6 Å². The molecule has 0 aliphatic carbocycles. The number of rotatable bonds is 4. The largest absolute Gasteiger partial charge is 0.366 e. The predicted octanol–water partition coefficient (Wildman–Crippen LogP) is 3.01. The normalized spacial score (nSPS) is 13.2. The molecule has 4 nitrogen and oxygen atoms in total. The first-order valence-corrected chi connectivity index (χ1v) is 8.55. The average molecular weight is 326 g/mol. The van der Waals surface area contributed by atoms with E-state index in [0.29, 0.717) is 17.7 Å². The number of fused-ring (bicyclic) bond motifs is 1. The highest BCUT2D eigenvalue weighted by atomic mass is 32.2. The number of nitrogens with two attached hydrogens (primary N) is 1. The molecule has 0 unspecified atom stereocenters. The van der Waals surface area contributed by atoms with Crippen LogP contribution in [0.25, 0.3) is 0 Å². The van der Waals surface area contributed by atoms with Crippen LogP contribution in [0, 0.1) is 0 Å². The fourth-order valence-corrected chi connectivity index (χ4v) is 3.65. The topological polar surface area (TPSA) is 72.2 Å². The number of primary amides is 1. The highest BCUT2D eigenvalue weighted by Crippen LogP contribution is 2.30. The summed E-state index contributed by atoms with van der Waals surface area (Å²) in [6, 6.07) is 12.8. The smallest absolute Gasteiger partial charge is 0.248 e. The van der Waals surface area contributed by atoms with E-state index in [9.17, 15) is 9.59 Å². The number of hydrogen-bond acceptors (Lipinski definition) is 3. The maximum atomic E-state index is 12.2. The van der Waals surface area contributed by atoms with Gasteiger partial charge in [0, 0.05) is 16.1 Å². The van der Waals surface area contributed by atoms with E-state index in [1.807, 2.05) is 17.8 Å². The number of nitrogens with one attached hydrogen (secondary N) is 1. The molecule has 118 valence electrons. The van der Waals surface area contributed by atoms with Gasteiger partial charge in [-0.15, -0.1) is 11.8 Å². The molecule has 23 heavy (non-hydrogen) atoms. The van der Waals surface area contributed by atoms with Crippen LogP contribution in [0.4, 0.5) is 5.69 Å². The maximum Gasteiger partial charge on any atom is 0.248 e. The molecule has 3 N–H and O–H groups in total. The van der Waals surface area contributed by atoms with Crippen LogP contribution >= 0.6 is 11.8 Å². The number of anilines is 1. The fourth-order valence-electron chi connectivity index (χ4n) is 2.63. The van der Waals surface area contributed by atoms with Gasteiger partial charge in [-0.2, -0.15) is 0 Å². The van der Waals surface area contributed by atoms with Gasteiger partial charge in [0.1, 0.15) is 0 Å². The lowest BCUT2D eigenvalue weighted by atomic mass is 10.0. The minimum atomic E-state index is -0.477. The molecule has 5 heteroatoms. The predicted molar refractivity (Wildman–Crippen MR) is 92.8 cm³/mol. The molecule has 3 rings (SSSR count). The third-order valence-corrected chi connectivity index (χ3v) is 4.99. The van der Waals surface area contributed by atoms with Crippen molar-refractivity contribution in [3.8, 4) is 0 Å². The summed E-state index contributed by atoms with van der Waals surface area (Å²) in [5, 5.41) is 2.84. The molecule has 0 spiro atoms. The third-order valence-electron chi connectivity index (χ3n) is 3.79. The van der Waals surface area contributed by atoms with Crippen LogP contribution in [0.2, 0.25) is 0 Å². The van der Waals surface area contributed by atoms with E-state index in [1.165, 1.54) is 22.6 Å². The van der Waals surface area contributed by atoms with Crippen molar-refractivity contribution >= 4 is 29.3 Å². The molecular formula is C18H18N2O2S. The summed E-state index contributed by atoms with van der Waals surface area (Å²) in [7, 11) is 0. The lowest BCUT2D eigenvalue weighted by Crippen LogP contribution is -2.15. The molecule has 2 amide bonds. The summed E-state index contributed by atoms with van der Waals surface area (Å²) in [6.07, 6.45) is 2.63. The fraction of sp³-hybridized carbons (Fsp3) is 0.222. The summed E-state index contributed by atoms with van der Waals surface area (Å²) in [5.74, 6) is 0.628. The van der Waals surface area contributed by atoms with Gasteiger partial charge in [0.15, 0.2) is 0 Å². The lowest BCUT2D eigenvalue weighted by molar-refractivity contribution is -0.115. The van der Waals surface area contributed by atoms with Gasteiger partial charge in [0.25, 0.3) is 0 Å². The van der Waals surface area contributed by atoms with E-state index >= 15 is 0 Å². The third kappa shape index (κ3) is 3.93. The van der Waals surface area contributed by atoms with Crippen LogP contribution in [0.5, 0.6) is 0 Å². The molecule has 0 radical (unpaired) electrons. The SMILES string of the molecule is NC(=O)c1ccc(NC(=O)Cc2ccc3c(c2)CCCS3)cc1. The van der Waals surface area contributed by atoms with E-state index < -0.39 is 5.91 Å². The van der Waals surface area contributed by atoms with E-state index in [0.717, 1.165) is 12.0 Å². The van der Waals surface area contributed by atoms with Crippen molar-refractivity contribution < 1.29 is 9.59 Å². The van der Waals surface area contributed by atoms with Crippen molar-refractivity contribution in [2.45, 2.75) is 24.2 Å². The Morgan fingerprint density at radius 2 is 1.91 bits per heavy atom. The number of thioether (sulfide) groups is 1. The van der Waals surface area contributed by atoms with Crippen LogP contribution in [-0.4, -0.2) is 17.6 Å². The summed E-state index contributed by atoms with van der Waals surface area (Å²) in [6.45, 7) is 0. The molecule has 0 saturated heterocycles. The van der Waals surface area contributed by atoms with Gasteiger partial charge in [0.05, 0.1) is 6.42 Å². The Bertz CT molecular complexity index is 741. The standard InChI is InChI=1S/C18H18N2O2S/c19-18(22)13-4-6-15(7-5-13)20-17(21)11-12-3-8-16-14(10-12)2-1-9-23-16/h3-8,10H,1-2,9,11H2,(H2,19,22)(H,20,21). The molecule has 0 fully saturated rings. The number of aryl methyl sites for hydroxylation is 1. The molecule has 1 aliphatic heterocycles. The van der Waals surface area contributed by atoms with E-state index in [2.05, 4.69) is 17.4 Å². The van der Waals surface area contributed by atoms with Gasteiger partial charge in [0.2, 0.25) is 11.8 Å². The second kappa shape index (κ2) is 6.87. The van der Waals surface area contributed by atoms with E-state index in [-0.39, 0.29) is 5.91 Å². The first-order chi connectivity index (χ1) is 11.1. The number of carbonyl (C=O) groups excluding carboxylic acids is 2. The number of benzene rings is 2. The van der Waals surface area contributed by atoms with E-state index in [4.69, 9.17) is 5.73 Å². The zero-order valence-electron chi connectivity index (χ0n) is 12.7. The number of amides is 2. The van der Waals surface area contributed by atoms with Gasteiger partial charge in [-0.05, 0) is 60.1 Å². The Balaban J connectivity index is 1.64. The molecule has 0 atom stereocenters. The minimum Gasteiger partial charge on any atom is -0.366 e. The van der Waals surface area contributed by atoms with Crippen molar-refractivity contribution in [2.24, 2.45) is 5.73 Å². The van der Waals surface area contributed by atoms with Crippen molar-refractivity contribution in [2.75, 3.05) is 11.1 Å². The van der Waals surface area contributed by atoms with Crippen LogP contribution in [0.15, 0.2) is 47.4 Å². The number of hydrogen-bond donors (Lipinski definition) is 2. The van der Waals surface area contributed by atoms with Crippen LogP contribution in [0.3, 0.4) is 0 Å². The van der Waals surface area contributed by atoms with Gasteiger partial charge >= 0.3 is 0 Å². The van der Waals surface area contributed by atoms with Gasteiger partial charge in [-0.25, -0.2) is 0 Å². The number of carbonyl (C=O) groups is 2. The second-order valence-electron chi connectivity index (χ2n) is 5.56. The zero-order valence-corrected chi connectivity index (χ0v) is 13.5. The highest BCUT2D eigenvalue weighted by Gasteiger charge is 2.12. The molecule has 1 heterocycles. The van der Waals surface area contributed by atoms with Crippen LogP contribution < -0.4 is 11.1 Å². The lowest BCUT2D eigenvalue weighted by Gasteiger charge is -2.16. The maximum absolute atomic E-state index is 12.2. The zero-order chi connectivity index (χ0) is 16.2. The minimum absolute atomic E-state index is 0.0692. The Morgan fingerprint density at radius 1 is 1.13 bits per heavy atom. The quantitative estimate of drug-likeness (QED) is 0.907. The summed E-state index contributed by atoms with van der Waals surface area (Å²) in [4.78, 5) is 24.5. The van der Waals surface area contributed by atoms with Crippen molar-refractivity contribution in [1.29, 1.82) is 0 Å². The molecular weight excluding hydrogens is 308 g/mol. The Labute approximate surface area is 139 Å². The average Bonchev–Trinajstić information content (AvgIpc) is 2.55. The molecule has 1 aliphatic rings. The first-order valence-electron chi connectivity index (χ1n) is 7.56. The summed E-state index contributed by atoms with van der Waals surface area (Å²) >= 11 is 1.88. The van der Waals surface area contributed by atoms with Crippen LogP contribution in [0.1, 0.15) is 27.9 Å². The Kier molecular flexibility index (Phi) is 4.67. The highest BCUT2D eigenvalue weighted by molar-refractivity contribution is 7.99. The van der Waals surface area contributed by atoms with Crippen molar-refractivity contribution in [3.63, 3.8) is 0 Å². The first kappa shape index (κ1) is 15.6. The second-order valence-corrected chi connectivity index (χ2v) is 6.70. The summed E-state index contributed by atoms with van der Waals surface area (Å²) in [5.41, 5.74) is 8.65. The Hall–Kier alpha value is -2.27. The van der Waals surface area contributed by atoms with Crippen molar-refractivity contribution in [1.82, 2.24) is 0 Å². The summed E-state index contributed by atoms with van der Waals surface area (Å²) < 4.78 is 0. The molecule has 2 aromatic carbocycles. The van der Waals surface area contributed by atoms with Gasteiger partial charge in [-0.3, -0.25) is 9.59 Å². The van der Waals surface area contributed by atoms with Gasteiger partial charge in [-0.1, -0.05) is 12.1 Å². The van der Waals surface area contributed by atoms with Gasteiger partial charge < -0.3 is 11.1 Å². The molecule has 0 bridgehead atoms. The molecule has 2 aromatic rings. The Morgan fingerprint density at radius 3 is 2.65 bits per heavy atom. The van der Waals surface area contributed by atoms with Crippen molar-refractivity contribution in [3.05, 3.63) is 59.2 Å².